The predicted molar refractivity (Wildman–Crippen MR) is 72.4 cm³/mol. The summed E-state index contributed by atoms with van der Waals surface area (Å²) in [4.78, 5) is 15.9. The molecule has 0 fully saturated rings. The number of ether oxygens (including phenoxy) is 2. The molecule has 1 aliphatic heterocycles. The van der Waals surface area contributed by atoms with E-state index in [1.807, 2.05) is 18.2 Å². The molecule has 0 radical (unpaired) electrons. The standard InChI is InChI=1S/C14H13N3O3/c15-10-2-1-5-16-13(10)14(18)17-7-9-3-4-11-12(6-9)20-8-19-11/h1-6H,7-8,15H2,(H,17,18). The zero-order valence-electron chi connectivity index (χ0n) is 10.6. The summed E-state index contributed by atoms with van der Waals surface area (Å²) in [6.07, 6.45) is 1.53. The summed E-state index contributed by atoms with van der Waals surface area (Å²) in [7, 11) is 0. The van der Waals surface area contributed by atoms with Gasteiger partial charge in [0.25, 0.3) is 5.91 Å². The molecule has 0 spiro atoms. The lowest BCUT2D eigenvalue weighted by molar-refractivity contribution is 0.0947. The number of benzene rings is 1. The first kappa shape index (κ1) is 12.3. The molecule has 0 bridgehead atoms. The quantitative estimate of drug-likeness (QED) is 0.879. The third-order valence-electron chi connectivity index (χ3n) is 2.94. The molecule has 2 heterocycles. The second-order valence-electron chi connectivity index (χ2n) is 4.31. The molecule has 3 N–H and O–H groups in total. The molecular formula is C14H13N3O3. The van der Waals surface area contributed by atoms with Gasteiger partial charge in [-0.3, -0.25) is 4.79 Å². The van der Waals surface area contributed by atoms with Crippen LogP contribution >= 0.6 is 0 Å². The van der Waals surface area contributed by atoms with Gasteiger partial charge in [-0.05, 0) is 29.8 Å². The van der Waals surface area contributed by atoms with Crippen molar-refractivity contribution >= 4 is 11.6 Å². The molecule has 1 aromatic carbocycles. The number of anilines is 1. The summed E-state index contributed by atoms with van der Waals surface area (Å²) in [5.74, 6) is 1.10. The summed E-state index contributed by atoms with van der Waals surface area (Å²) in [5, 5.41) is 2.77. The van der Waals surface area contributed by atoms with Crippen molar-refractivity contribution in [2.45, 2.75) is 6.54 Å². The number of nitrogens with one attached hydrogen (secondary N) is 1. The first-order valence-corrected chi connectivity index (χ1v) is 6.11. The fourth-order valence-electron chi connectivity index (χ4n) is 1.92. The van der Waals surface area contributed by atoms with E-state index >= 15 is 0 Å². The molecule has 6 nitrogen and oxygen atoms in total. The van der Waals surface area contributed by atoms with Crippen LogP contribution in [0.3, 0.4) is 0 Å². The Labute approximate surface area is 115 Å². The number of nitrogen functional groups attached to an aromatic ring is 1. The maximum Gasteiger partial charge on any atom is 0.272 e. The largest absolute Gasteiger partial charge is 0.454 e. The molecule has 3 rings (SSSR count). The van der Waals surface area contributed by atoms with Crippen LogP contribution in [0, 0.1) is 0 Å². The Morgan fingerprint density at radius 2 is 2.15 bits per heavy atom. The Morgan fingerprint density at radius 1 is 1.30 bits per heavy atom. The normalized spacial score (nSPS) is 12.2. The molecular weight excluding hydrogens is 258 g/mol. The minimum absolute atomic E-state index is 0.230. The summed E-state index contributed by atoms with van der Waals surface area (Å²) in [6, 6.07) is 8.85. The van der Waals surface area contributed by atoms with Crippen LogP contribution in [0.15, 0.2) is 36.5 Å². The molecule has 1 aliphatic rings. The van der Waals surface area contributed by atoms with E-state index < -0.39 is 0 Å². The Kier molecular flexibility index (Phi) is 3.12. The van der Waals surface area contributed by atoms with Crippen molar-refractivity contribution in [3.8, 4) is 11.5 Å². The van der Waals surface area contributed by atoms with Crippen LogP contribution in [0.2, 0.25) is 0 Å². The average molecular weight is 271 g/mol. The second kappa shape index (κ2) is 5.08. The van der Waals surface area contributed by atoms with Gasteiger partial charge in [-0.1, -0.05) is 6.07 Å². The number of nitrogens with zero attached hydrogens (tertiary/aromatic N) is 1. The third kappa shape index (κ3) is 2.35. The number of rotatable bonds is 3. The number of aromatic nitrogens is 1. The first-order chi connectivity index (χ1) is 9.74. The maximum absolute atomic E-state index is 12.0. The lowest BCUT2D eigenvalue weighted by Gasteiger charge is -2.07. The van der Waals surface area contributed by atoms with Crippen LogP contribution in [0.5, 0.6) is 11.5 Å². The molecule has 0 aliphatic carbocycles. The molecule has 0 saturated heterocycles. The summed E-state index contributed by atoms with van der Waals surface area (Å²) >= 11 is 0. The highest BCUT2D eigenvalue weighted by atomic mass is 16.7. The van der Waals surface area contributed by atoms with Gasteiger partial charge in [0, 0.05) is 12.7 Å². The number of carbonyl (C=O) groups excluding carboxylic acids is 1. The third-order valence-corrected chi connectivity index (χ3v) is 2.94. The molecule has 2 aromatic rings. The van der Waals surface area contributed by atoms with Gasteiger partial charge in [-0.15, -0.1) is 0 Å². The van der Waals surface area contributed by atoms with Gasteiger partial charge >= 0.3 is 0 Å². The van der Waals surface area contributed by atoms with Crippen LogP contribution in [-0.2, 0) is 6.54 Å². The predicted octanol–water partition coefficient (Wildman–Crippen LogP) is 1.32. The van der Waals surface area contributed by atoms with Gasteiger partial charge in [0.15, 0.2) is 17.2 Å². The van der Waals surface area contributed by atoms with E-state index in [0.717, 1.165) is 5.56 Å². The van der Waals surface area contributed by atoms with Gasteiger partial charge in [0.1, 0.15) is 0 Å². The van der Waals surface area contributed by atoms with Gasteiger partial charge in [0.05, 0.1) is 5.69 Å². The number of carbonyl (C=O) groups is 1. The van der Waals surface area contributed by atoms with Crippen LogP contribution in [0.4, 0.5) is 5.69 Å². The summed E-state index contributed by atoms with van der Waals surface area (Å²) in [5.41, 5.74) is 7.21. The lowest BCUT2D eigenvalue weighted by Crippen LogP contribution is -2.24. The van der Waals surface area contributed by atoms with Crippen molar-refractivity contribution in [2.24, 2.45) is 0 Å². The number of hydrogen-bond acceptors (Lipinski definition) is 5. The molecule has 1 amide bonds. The Hall–Kier alpha value is -2.76. The number of fused-ring (bicyclic) bond motifs is 1. The molecule has 0 saturated carbocycles. The highest BCUT2D eigenvalue weighted by molar-refractivity contribution is 5.96. The van der Waals surface area contributed by atoms with Gasteiger partial charge in [0.2, 0.25) is 6.79 Å². The zero-order valence-corrected chi connectivity index (χ0v) is 10.6. The van der Waals surface area contributed by atoms with Crippen molar-refractivity contribution in [2.75, 3.05) is 12.5 Å². The van der Waals surface area contributed by atoms with E-state index in [9.17, 15) is 4.79 Å². The number of pyridine rings is 1. The van der Waals surface area contributed by atoms with Crippen molar-refractivity contribution in [1.82, 2.24) is 10.3 Å². The van der Waals surface area contributed by atoms with Crippen LogP contribution < -0.4 is 20.5 Å². The smallest absolute Gasteiger partial charge is 0.272 e. The van der Waals surface area contributed by atoms with Crippen molar-refractivity contribution in [3.05, 3.63) is 47.8 Å². The fourth-order valence-corrected chi connectivity index (χ4v) is 1.92. The van der Waals surface area contributed by atoms with E-state index in [0.29, 0.717) is 23.7 Å². The Bertz CT molecular complexity index is 658. The van der Waals surface area contributed by atoms with E-state index in [1.165, 1.54) is 6.20 Å². The van der Waals surface area contributed by atoms with E-state index in [4.69, 9.17) is 15.2 Å². The summed E-state index contributed by atoms with van der Waals surface area (Å²) < 4.78 is 10.5. The van der Waals surface area contributed by atoms with Gasteiger partial charge in [-0.2, -0.15) is 0 Å². The van der Waals surface area contributed by atoms with Crippen molar-refractivity contribution < 1.29 is 14.3 Å². The topological polar surface area (TPSA) is 86.5 Å². The highest BCUT2D eigenvalue weighted by Crippen LogP contribution is 2.32. The monoisotopic (exact) mass is 271 g/mol. The molecule has 102 valence electrons. The van der Waals surface area contributed by atoms with Crippen LogP contribution in [0.1, 0.15) is 16.1 Å². The number of amides is 1. The SMILES string of the molecule is Nc1cccnc1C(=O)NCc1ccc2c(c1)OCO2. The number of hydrogen-bond donors (Lipinski definition) is 2. The molecule has 0 unspecified atom stereocenters. The molecule has 20 heavy (non-hydrogen) atoms. The number of nitrogens with two attached hydrogens (primary N) is 1. The molecule has 0 atom stereocenters. The zero-order chi connectivity index (χ0) is 13.9. The average Bonchev–Trinajstić information content (AvgIpc) is 2.92. The van der Waals surface area contributed by atoms with Crippen LogP contribution in [0.25, 0.3) is 0 Å². The first-order valence-electron chi connectivity index (χ1n) is 6.11. The lowest BCUT2D eigenvalue weighted by atomic mass is 10.2. The Balaban J connectivity index is 1.68. The molecule has 1 aromatic heterocycles. The van der Waals surface area contributed by atoms with Crippen LogP contribution in [-0.4, -0.2) is 17.7 Å². The van der Waals surface area contributed by atoms with Crippen molar-refractivity contribution in [3.63, 3.8) is 0 Å². The molecule has 6 heteroatoms. The van der Waals surface area contributed by atoms with E-state index in [1.54, 1.807) is 12.1 Å². The minimum Gasteiger partial charge on any atom is -0.454 e. The highest BCUT2D eigenvalue weighted by Gasteiger charge is 2.14. The van der Waals surface area contributed by atoms with Crippen molar-refractivity contribution in [1.29, 1.82) is 0 Å². The van der Waals surface area contributed by atoms with Gasteiger partial charge < -0.3 is 20.5 Å². The summed E-state index contributed by atoms with van der Waals surface area (Å²) in [6.45, 7) is 0.598. The van der Waals surface area contributed by atoms with E-state index in [-0.39, 0.29) is 18.4 Å². The Morgan fingerprint density at radius 3 is 3.00 bits per heavy atom. The fraction of sp³-hybridized carbons (Fsp3) is 0.143. The second-order valence-corrected chi connectivity index (χ2v) is 4.31. The van der Waals surface area contributed by atoms with Gasteiger partial charge in [-0.25, -0.2) is 4.98 Å². The minimum atomic E-state index is -0.305. The maximum atomic E-state index is 12.0. The van der Waals surface area contributed by atoms with E-state index in [2.05, 4.69) is 10.3 Å².